The molecule has 1 aliphatic heterocycles. The van der Waals surface area contributed by atoms with Gasteiger partial charge in [0.15, 0.2) is 23.9 Å². The summed E-state index contributed by atoms with van der Waals surface area (Å²) >= 11 is 6.06. The molecule has 4 rings (SSSR count). The molecule has 33 heavy (non-hydrogen) atoms. The Kier molecular flexibility index (Phi) is 6.46. The van der Waals surface area contributed by atoms with Crippen molar-refractivity contribution in [1.29, 1.82) is 0 Å². The van der Waals surface area contributed by atoms with E-state index in [4.69, 9.17) is 25.8 Å². The maximum atomic E-state index is 12.7. The lowest BCUT2D eigenvalue weighted by molar-refractivity contribution is -0.118. The van der Waals surface area contributed by atoms with Crippen LogP contribution in [-0.4, -0.2) is 31.0 Å². The average molecular weight is 467 g/mol. The second-order valence-corrected chi connectivity index (χ2v) is 7.54. The van der Waals surface area contributed by atoms with E-state index in [1.807, 2.05) is 6.07 Å². The molecule has 2 amide bonds. The summed E-state index contributed by atoms with van der Waals surface area (Å²) in [5, 5.41) is 5.74. The van der Waals surface area contributed by atoms with Crippen molar-refractivity contribution in [2.24, 2.45) is 0 Å². The predicted octanol–water partition coefficient (Wildman–Crippen LogP) is 4.54. The quantitative estimate of drug-likeness (QED) is 0.495. The highest BCUT2D eigenvalue weighted by molar-refractivity contribution is 6.31. The van der Waals surface area contributed by atoms with Crippen LogP contribution in [0.25, 0.3) is 0 Å². The third-order valence-electron chi connectivity index (χ3n) is 4.74. The van der Waals surface area contributed by atoms with Crippen molar-refractivity contribution in [1.82, 2.24) is 0 Å². The van der Waals surface area contributed by atoms with Crippen molar-refractivity contribution in [3.63, 3.8) is 0 Å². The van der Waals surface area contributed by atoms with Crippen molar-refractivity contribution in [3.8, 4) is 17.2 Å². The van der Waals surface area contributed by atoms with E-state index in [0.29, 0.717) is 22.2 Å². The Morgan fingerprint density at radius 2 is 1.67 bits per heavy atom. The summed E-state index contributed by atoms with van der Waals surface area (Å²) < 4.78 is 16.2. The summed E-state index contributed by atoms with van der Waals surface area (Å²) in [6, 6.07) is 16.5. The molecule has 1 aliphatic rings. The Balaban J connectivity index is 1.47. The molecule has 0 aliphatic carbocycles. The zero-order valence-electron chi connectivity index (χ0n) is 17.5. The number of amides is 2. The largest absolute Gasteiger partial charge is 0.483 e. The zero-order chi connectivity index (χ0) is 23.4. The van der Waals surface area contributed by atoms with Crippen LogP contribution < -0.4 is 24.8 Å². The lowest BCUT2D eigenvalue weighted by Crippen LogP contribution is -2.22. The van der Waals surface area contributed by atoms with E-state index >= 15 is 0 Å². The number of hydrogen-bond donors (Lipinski definition) is 2. The van der Waals surface area contributed by atoms with E-state index in [-0.39, 0.29) is 35.1 Å². The molecule has 0 unspecified atom stereocenters. The highest BCUT2D eigenvalue weighted by atomic mass is 35.5. The van der Waals surface area contributed by atoms with E-state index in [0.717, 1.165) is 0 Å². The topological polar surface area (TPSA) is 103 Å². The third-order valence-corrected chi connectivity index (χ3v) is 4.98. The molecule has 168 valence electrons. The molecule has 3 aromatic rings. The van der Waals surface area contributed by atoms with Gasteiger partial charge in [-0.25, -0.2) is 0 Å². The normalized spacial score (nSPS) is 11.6. The highest BCUT2D eigenvalue weighted by Gasteiger charge is 2.21. The summed E-state index contributed by atoms with van der Waals surface area (Å²) in [4.78, 5) is 37.3. The van der Waals surface area contributed by atoms with Crippen LogP contribution in [-0.2, 0) is 4.79 Å². The maximum absolute atomic E-state index is 12.7. The second kappa shape index (κ2) is 9.62. The molecule has 0 atom stereocenters. The van der Waals surface area contributed by atoms with Crippen LogP contribution in [0, 0.1) is 0 Å². The number of carbonyl (C=O) groups is 3. The monoisotopic (exact) mass is 466 g/mol. The predicted molar refractivity (Wildman–Crippen MR) is 123 cm³/mol. The van der Waals surface area contributed by atoms with Gasteiger partial charge in [-0.3, -0.25) is 14.4 Å². The first-order chi connectivity index (χ1) is 15.9. The van der Waals surface area contributed by atoms with Crippen molar-refractivity contribution in [2.45, 2.75) is 6.92 Å². The second-order valence-electron chi connectivity index (χ2n) is 7.10. The Morgan fingerprint density at radius 3 is 2.39 bits per heavy atom. The number of benzene rings is 3. The number of anilines is 2. The van der Waals surface area contributed by atoms with Crippen LogP contribution in [0.2, 0.25) is 5.02 Å². The van der Waals surface area contributed by atoms with Gasteiger partial charge in [-0.15, -0.1) is 0 Å². The van der Waals surface area contributed by atoms with Gasteiger partial charge in [0.1, 0.15) is 5.75 Å². The molecule has 0 radical (unpaired) electrons. The fraction of sp³-hybridized carbons (Fsp3) is 0.125. The van der Waals surface area contributed by atoms with E-state index in [9.17, 15) is 14.4 Å². The van der Waals surface area contributed by atoms with Gasteiger partial charge in [0.25, 0.3) is 11.8 Å². The fourth-order valence-electron chi connectivity index (χ4n) is 3.19. The molecule has 0 bridgehead atoms. The van der Waals surface area contributed by atoms with Crippen molar-refractivity contribution in [3.05, 3.63) is 76.8 Å². The highest BCUT2D eigenvalue weighted by Crippen LogP contribution is 2.37. The minimum Gasteiger partial charge on any atom is -0.483 e. The molecule has 0 saturated carbocycles. The summed E-state index contributed by atoms with van der Waals surface area (Å²) in [7, 11) is 0. The van der Waals surface area contributed by atoms with Gasteiger partial charge in [-0.05, 0) is 43.3 Å². The smallest absolute Gasteiger partial charge is 0.262 e. The van der Waals surface area contributed by atoms with Crippen LogP contribution in [0.4, 0.5) is 11.4 Å². The number of rotatable bonds is 7. The number of para-hydroxylation sites is 1. The minimum atomic E-state index is -0.527. The molecule has 3 aromatic carbocycles. The Hall–Kier alpha value is -4.04. The van der Waals surface area contributed by atoms with Crippen LogP contribution in [0.1, 0.15) is 27.6 Å². The lowest BCUT2D eigenvalue weighted by Gasteiger charge is -2.14. The summed E-state index contributed by atoms with van der Waals surface area (Å²) in [5.74, 6) is -0.171. The molecule has 1 heterocycles. The summed E-state index contributed by atoms with van der Waals surface area (Å²) in [5.41, 5.74) is 1.33. The first-order valence-corrected chi connectivity index (χ1v) is 10.3. The lowest BCUT2D eigenvalue weighted by atomic mass is 10.1. The van der Waals surface area contributed by atoms with Gasteiger partial charge < -0.3 is 24.8 Å². The zero-order valence-corrected chi connectivity index (χ0v) is 18.3. The van der Waals surface area contributed by atoms with E-state index in [1.165, 1.54) is 31.2 Å². The van der Waals surface area contributed by atoms with Gasteiger partial charge in [-0.1, -0.05) is 29.8 Å². The number of halogens is 1. The molecule has 0 fully saturated rings. The molecule has 2 N–H and O–H groups in total. The number of nitrogens with one attached hydrogen (secondary N) is 2. The molecular formula is C24H19ClN2O6. The minimum absolute atomic E-state index is 0.0393. The third kappa shape index (κ3) is 5.24. The molecule has 8 nitrogen and oxygen atoms in total. The van der Waals surface area contributed by atoms with E-state index < -0.39 is 18.4 Å². The van der Waals surface area contributed by atoms with Crippen molar-refractivity contribution < 1.29 is 28.6 Å². The van der Waals surface area contributed by atoms with Crippen LogP contribution in [0.15, 0.2) is 60.7 Å². The average Bonchev–Trinajstić information content (AvgIpc) is 3.25. The maximum Gasteiger partial charge on any atom is 0.262 e. The van der Waals surface area contributed by atoms with Crippen LogP contribution >= 0.6 is 11.6 Å². The first-order valence-electron chi connectivity index (χ1n) is 9.94. The van der Waals surface area contributed by atoms with Gasteiger partial charge in [-0.2, -0.15) is 0 Å². The number of hydrogen-bond acceptors (Lipinski definition) is 6. The van der Waals surface area contributed by atoms with Gasteiger partial charge >= 0.3 is 0 Å². The Morgan fingerprint density at radius 1 is 0.939 bits per heavy atom. The molecule has 0 spiro atoms. The van der Waals surface area contributed by atoms with Crippen molar-refractivity contribution >= 4 is 40.6 Å². The van der Waals surface area contributed by atoms with Gasteiger partial charge in [0.05, 0.1) is 11.3 Å². The van der Waals surface area contributed by atoms with Crippen LogP contribution in [0.3, 0.4) is 0 Å². The Labute approximate surface area is 194 Å². The van der Waals surface area contributed by atoms with Gasteiger partial charge in [0.2, 0.25) is 6.79 Å². The fourth-order valence-corrected chi connectivity index (χ4v) is 3.36. The first kappa shape index (κ1) is 22.2. The number of ketones is 1. The van der Waals surface area contributed by atoms with E-state index in [1.54, 1.807) is 30.3 Å². The van der Waals surface area contributed by atoms with Gasteiger partial charge in [0, 0.05) is 22.3 Å². The summed E-state index contributed by atoms with van der Waals surface area (Å²) in [6.45, 7) is 1.02. The van der Waals surface area contributed by atoms with Crippen molar-refractivity contribution in [2.75, 3.05) is 24.0 Å². The standard InChI is InChI=1S/C24H19ClN2O6/c1-14(28)17-10-21-22(33-13-32-21)11-19(17)27-23(29)12-31-20-8-7-15(25)9-18(20)24(30)26-16-5-3-2-4-6-16/h2-11H,12-13H2,1H3,(H,26,30)(H,27,29). The molecule has 9 heteroatoms. The number of Topliss-reactive ketones (excluding diaryl/α,β-unsaturated/α-hetero) is 1. The molecule has 0 aromatic heterocycles. The van der Waals surface area contributed by atoms with Crippen LogP contribution in [0.5, 0.6) is 17.2 Å². The number of ether oxygens (including phenoxy) is 3. The summed E-state index contributed by atoms with van der Waals surface area (Å²) in [6.07, 6.45) is 0. The SMILES string of the molecule is CC(=O)c1cc2c(cc1NC(=O)COc1ccc(Cl)cc1C(=O)Nc1ccccc1)OCO2. The molecular weight excluding hydrogens is 448 g/mol. The number of carbonyl (C=O) groups excluding carboxylic acids is 3. The number of fused-ring (bicyclic) bond motifs is 1. The Bertz CT molecular complexity index is 1230. The van der Waals surface area contributed by atoms with E-state index in [2.05, 4.69) is 10.6 Å². The molecule has 0 saturated heterocycles.